The van der Waals surface area contributed by atoms with Gasteiger partial charge in [0.05, 0.1) is 10.0 Å². The van der Waals surface area contributed by atoms with Gasteiger partial charge in [-0.15, -0.1) is 0 Å². The van der Waals surface area contributed by atoms with Crippen molar-refractivity contribution in [2.45, 2.75) is 13.8 Å². The Balaban J connectivity index is 3.09. The zero-order valence-corrected chi connectivity index (χ0v) is 10.8. The van der Waals surface area contributed by atoms with Crippen LogP contribution in [0, 0.1) is 11.8 Å². The van der Waals surface area contributed by atoms with Crippen LogP contribution >= 0.6 is 23.2 Å². The standard InChI is InChI=1S/C12H15Cl2NO/c1-7(2)9(6-15)12(16)8-4-3-5-10(13)11(8)14/h3-5,7,9H,6,15H2,1-2H3. The molecule has 0 saturated carbocycles. The second-order valence-electron chi connectivity index (χ2n) is 4.05. The molecule has 1 atom stereocenters. The maximum absolute atomic E-state index is 12.2. The Kier molecular flexibility index (Phi) is 4.78. The van der Waals surface area contributed by atoms with Gasteiger partial charge >= 0.3 is 0 Å². The largest absolute Gasteiger partial charge is 0.330 e. The summed E-state index contributed by atoms with van der Waals surface area (Å²) >= 11 is 11.9. The lowest BCUT2D eigenvalue weighted by Gasteiger charge is -2.18. The first kappa shape index (κ1) is 13.5. The normalized spacial score (nSPS) is 12.9. The summed E-state index contributed by atoms with van der Waals surface area (Å²) in [4.78, 5) is 12.2. The van der Waals surface area contributed by atoms with Crippen molar-refractivity contribution in [3.8, 4) is 0 Å². The summed E-state index contributed by atoms with van der Waals surface area (Å²) in [6, 6.07) is 5.06. The minimum Gasteiger partial charge on any atom is -0.330 e. The molecular formula is C12H15Cl2NO. The molecule has 88 valence electrons. The van der Waals surface area contributed by atoms with E-state index >= 15 is 0 Å². The van der Waals surface area contributed by atoms with Gasteiger partial charge in [0.1, 0.15) is 0 Å². The highest BCUT2D eigenvalue weighted by Gasteiger charge is 2.24. The zero-order chi connectivity index (χ0) is 12.3. The Morgan fingerprint density at radius 3 is 2.50 bits per heavy atom. The first-order valence-corrected chi connectivity index (χ1v) is 5.93. The van der Waals surface area contributed by atoms with Crippen LogP contribution in [0.5, 0.6) is 0 Å². The quantitative estimate of drug-likeness (QED) is 0.843. The number of Topliss-reactive ketones (excluding diaryl/α,β-unsaturated/α-hetero) is 1. The van der Waals surface area contributed by atoms with Gasteiger partial charge in [-0.25, -0.2) is 0 Å². The van der Waals surface area contributed by atoms with Crippen LogP contribution in [0.1, 0.15) is 24.2 Å². The first-order valence-electron chi connectivity index (χ1n) is 5.17. The van der Waals surface area contributed by atoms with Crippen molar-refractivity contribution in [3.63, 3.8) is 0 Å². The fourth-order valence-electron chi connectivity index (χ4n) is 1.58. The van der Waals surface area contributed by atoms with Gasteiger partial charge in [0.25, 0.3) is 0 Å². The molecule has 1 aromatic rings. The molecule has 16 heavy (non-hydrogen) atoms. The average Bonchev–Trinajstić information content (AvgIpc) is 2.22. The molecule has 1 aromatic carbocycles. The molecule has 0 radical (unpaired) electrons. The van der Waals surface area contributed by atoms with Crippen molar-refractivity contribution in [2.75, 3.05) is 6.54 Å². The summed E-state index contributed by atoms with van der Waals surface area (Å²) in [6.45, 7) is 4.25. The molecule has 0 spiro atoms. The minimum absolute atomic E-state index is 0.0370. The molecule has 0 saturated heterocycles. The van der Waals surface area contributed by atoms with Gasteiger partial charge in [0.15, 0.2) is 5.78 Å². The number of rotatable bonds is 4. The topological polar surface area (TPSA) is 43.1 Å². The maximum atomic E-state index is 12.2. The third kappa shape index (κ3) is 2.76. The Labute approximate surface area is 106 Å². The molecule has 1 rings (SSSR count). The van der Waals surface area contributed by atoms with Crippen molar-refractivity contribution in [1.29, 1.82) is 0 Å². The number of ketones is 1. The highest BCUT2D eigenvalue weighted by molar-refractivity contribution is 6.43. The molecule has 1 unspecified atom stereocenters. The lowest BCUT2D eigenvalue weighted by atomic mass is 9.88. The third-order valence-electron chi connectivity index (χ3n) is 2.61. The van der Waals surface area contributed by atoms with Crippen molar-refractivity contribution >= 4 is 29.0 Å². The fourth-order valence-corrected chi connectivity index (χ4v) is 1.97. The van der Waals surface area contributed by atoms with E-state index in [1.54, 1.807) is 18.2 Å². The van der Waals surface area contributed by atoms with Gasteiger partial charge in [-0.3, -0.25) is 4.79 Å². The number of hydrogen-bond donors (Lipinski definition) is 1. The van der Waals surface area contributed by atoms with Crippen molar-refractivity contribution in [2.24, 2.45) is 17.6 Å². The van der Waals surface area contributed by atoms with Crippen LogP contribution in [0.4, 0.5) is 0 Å². The van der Waals surface area contributed by atoms with E-state index in [4.69, 9.17) is 28.9 Å². The molecule has 4 heteroatoms. The van der Waals surface area contributed by atoms with Crippen LogP contribution in [0.2, 0.25) is 10.0 Å². The molecule has 0 aromatic heterocycles. The van der Waals surface area contributed by atoms with Gasteiger partial charge in [-0.1, -0.05) is 43.1 Å². The van der Waals surface area contributed by atoms with Gasteiger partial charge < -0.3 is 5.73 Å². The summed E-state index contributed by atoms with van der Waals surface area (Å²) in [5, 5.41) is 0.709. The van der Waals surface area contributed by atoms with Crippen LogP contribution in [0.25, 0.3) is 0 Å². The summed E-state index contributed by atoms with van der Waals surface area (Å²) in [5.74, 6) is -0.0616. The molecule has 2 N–H and O–H groups in total. The molecule has 0 amide bonds. The maximum Gasteiger partial charge on any atom is 0.169 e. The van der Waals surface area contributed by atoms with Crippen molar-refractivity contribution in [3.05, 3.63) is 33.8 Å². The second-order valence-corrected chi connectivity index (χ2v) is 4.84. The van der Waals surface area contributed by atoms with Gasteiger partial charge in [0, 0.05) is 18.0 Å². The Morgan fingerprint density at radius 2 is 2.00 bits per heavy atom. The van der Waals surface area contributed by atoms with E-state index in [1.165, 1.54) is 0 Å². The highest BCUT2D eigenvalue weighted by atomic mass is 35.5. The van der Waals surface area contributed by atoms with Crippen LogP contribution < -0.4 is 5.73 Å². The number of nitrogens with two attached hydrogens (primary N) is 1. The lowest BCUT2D eigenvalue weighted by molar-refractivity contribution is 0.0892. The predicted octanol–water partition coefficient (Wildman–Crippen LogP) is 3.41. The highest BCUT2D eigenvalue weighted by Crippen LogP contribution is 2.28. The van der Waals surface area contributed by atoms with E-state index in [9.17, 15) is 4.79 Å². The summed E-state index contributed by atoms with van der Waals surface area (Å²) in [7, 11) is 0. The van der Waals surface area contributed by atoms with Crippen molar-refractivity contribution in [1.82, 2.24) is 0 Å². The zero-order valence-electron chi connectivity index (χ0n) is 9.34. The summed E-state index contributed by atoms with van der Waals surface area (Å²) in [6.07, 6.45) is 0. The smallest absolute Gasteiger partial charge is 0.169 e. The molecule has 0 aliphatic rings. The Bertz CT molecular complexity index is 391. The SMILES string of the molecule is CC(C)C(CN)C(=O)c1cccc(Cl)c1Cl. The van der Waals surface area contributed by atoms with Crippen LogP contribution in [0.15, 0.2) is 18.2 Å². The Hall–Kier alpha value is -0.570. The fraction of sp³-hybridized carbons (Fsp3) is 0.417. The molecule has 0 fully saturated rings. The number of carbonyl (C=O) groups excluding carboxylic acids is 1. The average molecular weight is 260 g/mol. The molecule has 0 aliphatic heterocycles. The second kappa shape index (κ2) is 5.67. The number of hydrogen-bond acceptors (Lipinski definition) is 2. The van der Waals surface area contributed by atoms with Crippen LogP contribution in [0.3, 0.4) is 0 Å². The lowest BCUT2D eigenvalue weighted by Crippen LogP contribution is -2.28. The number of carbonyl (C=O) groups is 1. The minimum atomic E-state index is -0.212. The third-order valence-corrected chi connectivity index (χ3v) is 3.43. The van der Waals surface area contributed by atoms with Crippen molar-refractivity contribution < 1.29 is 4.79 Å². The first-order chi connectivity index (χ1) is 7.49. The van der Waals surface area contributed by atoms with E-state index in [0.717, 1.165) is 0 Å². The van der Waals surface area contributed by atoms with E-state index in [2.05, 4.69) is 0 Å². The monoisotopic (exact) mass is 259 g/mol. The van der Waals surface area contributed by atoms with E-state index in [0.29, 0.717) is 22.2 Å². The summed E-state index contributed by atoms with van der Waals surface area (Å²) in [5.41, 5.74) is 6.06. The Morgan fingerprint density at radius 1 is 1.38 bits per heavy atom. The van der Waals surface area contributed by atoms with Gasteiger partial charge in [0.2, 0.25) is 0 Å². The van der Waals surface area contributed by atoms with E-state index in [1.807, 2.05) is 13.8 Å². The van der Waals surface area contributed by atoms with E-state index < -0.39 is 0 Å². The molecule has 0 bridgehead atoms. The molecule has 0 aliphatic carbocycles. The molecular weight excluding hydrogens is 245 g/mol. The summed E-state index contributed by atoms with van der Waals surface area (Å²) < 4.78 is 0. The van der Waals surface area contributed by atoms with Crippen LogP contribution in [-0.2, 0) is 0 Å². The number of halogens is 2. The predicted molar refractivity (Wildman–Crippen MR) is 68.2 cm³/mol. The van der Waals surface area contributed by atoms with E-state index in [-0.39, 0.29) is 17.6 Å². The molecule has 2 nitrogen and oxygen atoms in total. The molecule has 0 heterocycles. The van der Waals surface area contributed by atoms with Gasteiger partial charge in [-0.2, -0.15) is 0 Å². The number of benzene rings is 1. The van der Waals surface area contributed by atoms with Gasteiger partial charge in [-0.05, 0) is 18.1 Å². The van der Waals surface area contributed by atoms with Crippen LogP contribution in [-0.4, -0.2) is 12.3 Å².